The maximum absolute atomic E-state index is 5.95. The average molecular weight is 230 g/mol. The lowest BCUT2D eigenvalue weighted by atomic mass is 9.91. The summed E-state index contributed by atoms with van der Waals surface area (Å²) in [6.07, 6.45) is 2.52. The molecule has 3 heteroatoms. The van der Waals surface area contributed by atoms with Crippen LogP contribution < -0.4 is 5.73 Å². The normalized spacial score (nSPS) is 24.8. The first-order chi connectivity index (χ1) is 7.03. The average Bonchev–Trinajstić information content (AvgIpc) is 2.72. The van der Waals surface area contributed by atoms with Gasteiger partial charge in [-0.25, -0.2) is 0 Å². The van der Waals surface area contributed by atoms with Gasteiger partial charge < -0.3 is 5.73 Å². The Morgan fingerprint density at radius 3 is 2.60 bits per heavy atom. The molecule has 15 heavy (non-hydrogen) atoms. The van der Waals surface area contributed by atoms with Gasteiger partial charge in [0.25, 0.3) is 0 Å². The van der Waals surface area contributed by atoms with E-state index in [9.17, 15) is 0 Å². The van der Waals surface area contributed by atoms with E-state index in [-0.39, 0.29) is 5.54 Å². The molecule has 2 nitrogen and oxygen atoms in total. The van der Waals surface area contributed by atoms with Gasteiger partial charge in [0, 0.05) is 18.1 Å². The lowest BCUT2D eigenvalue weighted by molar-refractivity contribution is 0.0732. The molecule has 2 unspecified atom stereocenters. The minimum Gasteiger partial charge on any atom is -0.329 e. The molecular formula is C12H26N2S. The predicted octanol–water partition coefficient (Wildman–Crippen LogP) is 2.19. The molecule has 1 aliphatic heterocycles. The van der Waals surface area contributed by atoms with Crippen molar-refractivity contribution in [3.8, 4) is 0 Å². The zero-order valence-electron chi connectivity index (χ0n) is 10.6. The molecule has 0 aromatic heterocycles. The summed E-state index contributed by atoms with van der Waals surface area (Å²) in [6, 6.07) is 0.565. The molecule has 0 saturated carbocycles. The monoisotopic (exact) mass is 230 g/mol. The van der Waals surface area contributed by atoms with Crippen molar-refractivity contribution >= 4 is 11.8 Å². The number of thioether (sulfide) groups is 1. The Bertz CT molecular complexity index is 188. The van der Waals surface area contributed by atoms with Crippen molar-refractivity contribution in [2.45, 2.75) is 45.2 Å². The molecule has 0 bridgehead atoms. The van der Waals surface area contributed by atoms with Crippen LogP contribution >= 0.6 is 11.8 Å². The highest BCUT2D eigenvalue weighted by molar-refractivity contribution is 7.99. The molecule has 90 valence electrons. The van der Waals surface area contributed by atoms with Crippen LogP contribution in [0.5, 0.6) is 0 Å². The van der Waals surface area contributed by atoms with Crippen molar-refractivity contribution in [1.82, 2.24) is 4.90 Å². The second-order valence-electron chi connectivity index (χ2n) is 5.20. The van der Waals surface area contributed by atoms with Gasteiger partial charge in [-0.1, -0.05) is 6.92 Å². The molecule has 1 rings (SSSR count). The second kappa shape index (κ2) is 5.55. The maximum Gasteiger partial charge on any atom is 0.0257 e. The highest BCUT2D eigenvalue weighted by Gasteiger charge is 2.33. The molecule has 1 saturated heterocycles. The number of likely N-dealkylation sites (N-methyl/N-ethyl adjacent to an activating group) is 1. The lowest BCUT2D eigenvalue weighted by Crippen LogP contribution is -2.53. The smallest absolute Gasteiger partial charge is 0.0257 e. The summed E-state index contributed by atoms with van der Waals surface area (Å²) in [6.45, 7) is 7.69. The van der Waals surface area contributed by atoms with E-state index in [0.717, 1.165) is 12.5 Å². The second-order valence-corrected chi connectivity index (χ2v) is 6.35. The van der Waals surface area contributed by atoms with Crippen molar-refractivity contribution in [3.63, 3.8) is 0 Å². The van der Waals surface area contributed by atoms with Gasteiger partial charge >= 0.3 is 0 Å². The molecular weight excluding hydrogens is 204 g/mol. The van der Waals surface area contributed by atoms with Crippen molar-refractivity contribution in [3.05, 3.63) is 0 Å². The van der Waals surface area contributed by atoms with Gasteiger partial charge in [-0.05, 0) is 51.2 Å². The molecule has 0 spiro atoms. The largest absolute Gasteiger partial charge is 0.329 e. The molecule has 2 atom stereocenters. The van der Waals surface area contributed by atoms with Crippen LogP contribution in [-0.2, 0) is 0 Å². The standard InChI is InChI=1S/C12H26N2S/c1-5-12(2,3)14(4)11(8-13)10-6-7-15-9-10/h10-11H,5-9,13H2,1-4H3. The van der Waals surface area contributed by atoms with E-state index in [1.807, 2.05) is 0 Å². The fourth-order valence-corrected chi connectivity index (χ4v) is 3.55. The third-order valence-corrected chi connectivity index (χ3v) is 5.26. The fraction of sp³-hybridized carbons (Fsp3) is 1.00. The van der Waals surface area contributed by atoms with E-state index >= 15 is 0 Å². The van der Waals surface area contributed by atoms with E-state index in [2.05, 4.69) is 44.5 Å². The number of nitrogens with two attached hydrogens (primary N) is 1. The van der Waals surface area contributed by atoms with E-state index < -0.39 is 0 Å². The predicted molar refractivity (Wildman–Crippen MR) is 70.4 cm³/mol. The first-order valence-electron chi connectivity index (χ1n) is 6.03. The minimum atomic E-state index is 0.275. The number of hydrogen-bond acceptors (Lipinski definition) is 3. The van der Waals surface area contributed by atoms with E-state index in [1.165, 1.54) is 24.3 Å². The maximum atomic E-state index is 5.95. The van der Waals surface area contributed by atoms with Gasteiger partial charge in [0.1, 0.15) is 0 Å². The van der Waals surface area contributed by atoms with Crippen LogP contribution in [0.25, 0.3) is 0 Å². The van der Waals surface area contributed by atoms with Crippen molar-refractivity contribution < 1.29 is 0 Å². The fourth-order valence-electron chi connectivity index (χ4n) is 2.22. The molecule has 2 N–H and O–H groups in total. The zero-order valence-corrected chi connectivity index (χ0v) is 11.4. The van der Waals surface area contributed by atoms with Crippen LogP contribution in [-0.4, -0.2) is 41.6 Å². The first kappa shape index (κ1) is 13.3. The van der Waals surface area contributed by atoms with E-state index in [1.54, 1.807) is 0 Å². The molecule has 1 fully saturated rings. The molecule has 1 heterocycles. The van der Waals surface area contributed by atoms with Crippen LogP contribution in [0.15, 0.2) is 0 Å². The van der Waals surface area contributed by atoms with Gasteiger partial charge in [0.15, 0.2) is 0 Å². The summed E-state index contributed by atoms with van der Waals surface area (Å²) in [7, 11) is 2.24. The van der Waals surface area contributed by atoms with Crippen molar-refractivity contribution in [2.75, 3.05) is 25.1 Å². The summed E-state index contributed by atoms with van der Waals surface area (Å²) >= 11 is 2.08. The van der Waals surface area contributed by atoms with Gasteiger partial charge in [-0.2, -0.15) is 11.8 Å². The molecule has 0 radical (unpaired) electrons. The highest BCUT2D eigenvalue weighted by atomic mass is 32.2. The van der Waals surface area contributed by atoms with Gasteiger partial charge in [0.2, 0.25) is 0 Å². The number of rotatable bonds is 5. The Morgan fingerprint density at radius 2 is 2.20 bits per heavy atom. The Labute approximate surface area is 99.0 Å². The number of nitrogens with zero attached hydrogens (tertiary/aromatic N) is 1. The number of hydrogen-bond donors (Lipinski definition) is 1. The van der Waals surface area contributed by atoms with Crippen LogP contribution in [0.1, 0.15) is 33.6 Å². The van der Waals surface area contributed by atoms with Gasteiger partial charge in [0.05, 0.1) is 0 Å². The summed E-state index contributed by atoms with van der Waals surface area (Å²) in [5, 5.41) is 0. The van der Waals surface area contributed by atoms with Crippen LogP contribution in [0.4, 0.5) is 0 Å². The molecule has 0 aromatic carbocycles. The lowest BCUT2D eigenvalue weighted by Gasteiger charge is -2.42. The van der Waals surface area contributed by atoms with Gasteiger partial charge in [-0.3, -0.25) is 4.90 Å². The van der Waals surface area contributed by atoms with Crippen molar-refractivity contribution in [2.24, 2.45) is 11.7 Å². The summed E-state index contributed by atoms with van der Waals surface area (Å²) in [5.41, 5.74) is 6.23. The third-order valence-electron chi connectivity index (χ3n) is 4.07. The van der Waals surface area contributed by atoms with E-state index in [4.69, 9.17) is 5.73 Å². The van der Waals surface area contributed by atoms with Crippen LogP contribution in [0, 0.1) is 5.92 Å². The highest BCUT2D eigenvalue weighted by Crippen LogP contribution is 2.31. The summed E-state index contributed by atoms with van der Waals surface area (Å²) < 4.78 is 0. The topological polar surface area (TPSA) is 29.3 Å². The first-order valence-corrected chi connectivity index (χ1v) is 7.19. The molecule has 0 aromatic rings. The molecule has 0 amide bonds. The molecule has 1 aliphatic rings. The summed E-state index contributed by atoms with van der Waals surface area (Å²) in [5.74, 6) is 3.42. The SMILES string of the molecule is CCC(C)(C)N(C)C(CN)C1CCSC1. The minimum absolute atomic E-state index is 0.275. The Kier molecular flexibility index (Phi) is 4.94. The Balaban J connectivity index is 2.64. The van der Waals surface area contributed by atoms with Crippen LogP contribution in [0.3, 0.4) is 0 Å². The van der Waals surface area contributed by atoms with Gasteiger partial charge in [-0.15, -0.1) is 0 Å². The Morgan fingerprint density at radius 1 is 1.53 bits per heavy atom. The molecule has 0 aliphatic carbocycles. The summed E-state index contributed by atoms with van der Waals surface area (Å²) in [4.78, 5) is 2.50. The third kappa shape index (κ3) is 3.11. The van der Waals surface area contributed by atoms with Crippen LogP contribution in [0.2, 0.25) is 0 Å². The van der Waals surface area contributed by atoms with E-state index in [0.29, 0.717) is 6.04 Å². The quantitative estimate of drug-likeness (QED) is 0.785. The van der Waals surface area contributed by atoms with Crippen molar-refractivity contribution in [1.29, 1.82) is 0 Å². The Hall–Kier alpha value is 0.270. The zero-order chi connectivity index (χ0) is 11.5.